The van der Waals surface area contributed by atoms with E-state index in [1.165, 1.54) is 19.0 Å². The van der Waals surface area contributed by atoms with Gasteiger partial charge in [0.15, 0.2) is 0 Å². The highest BCUT2D eigenvalue weighted by molar-refractivity contribution is 5.87. The van der Waals surface area contributed by atoms with Gasteiger partial charge >= 0.3 is 5.97 Å². The van der Waals surface area contributed by atoms with Crippen molar-refractivity contribution < 1.29 is 14.6 Å². The Kier molecular flexibility index (Phi) is 4.31. The highest BCUT2D eigenvalue weighted by atomic mass is 16.5. The minimum Gasteiger partial charge on any atom is -0.478 e. The molecule has 4 heteroatoms. The lowest BCUT2D eigenvalue weighted by Gasteiger charge is -2.26. The van der Waals surface area contributed by atoms with Crippen molar-refractivity contribution in [3.63, 3.8) is 0 Å². The van der Waals surface area contributed by atoms with E-state index < -0.39 is 5.97 Å². The molecule has 1 saturated carbocycles. The SMILES string of the molecule is CC1CCC(OCc2ccc(C(=O)O)cn2)CC1. The fraction of sp³-hybridized carbons (Fsp3) is 0.571. The molecule has 0 unspecified atom stereocenters. The van der Waals surface area contributed by atoms with Crippen LogP contribution in [0.2, 0.25) is 0 Å². The van der Waals surface area contributed by atoms with Crippen LogP contribution in [-0.2, 0) is 11.3 Å². The summed E-state index contributed by atoms with van der Waals surface area (Å²) >= 11 is 0. The van der Waals surface area contributed by atoms with Gasteiger partial charge in [0.25, 0.3) is 0 Å². The van der Waals surface area contributed by atoms with E-state index in [0.717, 1.165) is 24.5 Å². The van der Waals surface area contributed by atoms with Crippen LogP contribution in [0.25, 0.3) is 0 Å². The Morgan fingerprint density at radius 2 is 2.11 bits per heavy atom. The molecule has 0 aromatic carbocycles. The van der Waals surface area contributed by atoms with Crippen molar-refractivity contribution in [1.29, 1.82) is 0 Å². The van der Waals surface area contributed by atoms with Gasteiger partial charge in [-0.1, -0.05) is 6.92 Å². The third-order valence-electron chi connectivity index (χ3n) is 3.50. The number of aromatic nitrogens is 1. The number of ether oxygens (including phenoxy) is 1. The average molecular weight is 249 g/mol. The maximum atomic E-state index is 10.7. The standard InChI is InChI=1S/C14H19NO3/c1-10-2-6-13(7-3-10)18-9-12-5-4-11(8-15-12)14(16)17/h4-5,8,10,13H,2-3,6-7,9H2,1H3,(H,16,17). The minimum atomic E-state index is -0.948. The van der Waals surface area contributed by atoms with Gasteiger partial charge in [-0.25, -0.2) is 4.79 Å². The minimum absolute atomic E-state index is 0.213. The van der Waals surface area contributed by atoms with E-state index in [-0.39, 0.29) is 5.56 Å². The van der Waals surface area contributed by atoms with Crippen molar-refractivity contribution >= 4 is 5.97 Å². The van der Waals surface area contributed by atoms with E-state index in [4.69, 9.17) is 9.84 Å². The van der Waals surface area contributed by atoms with Crippen molar-refractivity contribution in [2.24, 2.45) is 5.92 Å². The smallest absolute Gasteiger partial charge is 0.337 e. The molecule has 0 aliphatic heterocycles. The van der Waals surface area contributed by atoms with Crippen molar-refractivity contribution in [3.8, 4) is 0 Å². The molecule has 0 amide bonds. The number of pyridine rings is 1. The molecule has 0 bridgehead atoms. The second kappa shape index (κ2) is 5.96. The third kappa shape index (κ3) is 3.53. The van der Waals surface area contributed by atoms with Gasteiger partial charge in [0.05, 0.1) is 24.0 Å². The number of carboxylic acids is 1. The van der Waals surface area contributed by atoms with Crippen LogP contribution in [-0.4, -0.2) is 22.2 Å². The van der Waals surface area contributed by atoms with E-state index in [2.05, 4.69) is 11.9 Å². The summed E-state index contributed by atoms with van der Waals surface area (Å²) in [5.41, 5.74) is 1.00. The second-order valence-electron chi connectivity index (χ2n) is 5.04. The molecule has 0 saturated heterocycles. The second-order valence-corrected chi connectivity index (χ2v) is 5.04. The molecule has 2 rings (SSSR count). The molecule has 1 fully saturated rings. The van der Waals surface area contributed by atoms with Crippen LogP contribution < -0.4 is 0 Å². The van der Waals surface area contributed by atoms with Crippen LogP contribution >= 0.6 is 0 Å². The van der Waals surface area contributed by atoms with Crippen molar-refractivity contribution in [1.82, 2.24) is 4.98 Å². The molecule has 98 valence electrons. The van der Waals surface area contributed by atoms with Gasteiger partial charge in [0, 0.05) is 6.20 Å². The van der Waals surface area contributed by atoms with Gasteiger partial charge in [0.2, 0.25) is 0 Å². The van der Waals surface area contributed by atoms with E-state index in [1.807, 2.05) is 0 Å². The number of hydrogen-bond acceptors (Lipinski definition) is 3. The molecular weight excluding hydrogens is 230 g/mol. The first-order valence-corrected chi connectivity index (χ1v) is 6.45. The largest absolute Gasteiger partial charge is 0.478 e. The zero-order valence-corrected chi connectivity index (χ0v) is 10.6. The fourth-order valence-corrected chi connectivity index (χ4v) is 2.24. The van der Waals surface area contributed by atoms with Crippen LogP contribution in [0, 0.1) is 5.92 Å². The van der Waals surface area contributed by atoms with Crippen molar-refractivity contribution in [3.05, 3.63) is 29.6 Å². The number of carboxylic acid groups (broad SMARTS) is 1. The first kappa shape index (κ1) is 13.0. The summed E-state index contributed by atoms with van der Waals surface area (Å²) < 4.78 is 5.81. The molecule has 1 aromatic rings. The molecule has 0 spiro atoms. The Morgan fingerprint density at radius 1 is 1.39 bits per heavy atom. The maximum absolute atomic E-state index is 10.7. The molecule has 0 atom stereocenters. The van der Waals surface area contributed by atoms with Crippen LogP contribution in [0.1, 0.15) is 48.7 Å². The molecule has 1 aromatic heterocycles. The zero-order valence-electron chi connectivity index (χ0n) is 10.6. The Morgan fingerprint density at radius 3 is 2.67 bits per heavy atom. The summed E-state index contributed by atoms with van der Waals surface area (Å²) in [6.45, 7) is 2.75. The summed E-state index contributed by atoms with van der Waals surface area (Å²) in [6.07, 6.45) is 6.42. The maximum Gasteiger partial charge on any atom is 0.337 e. The molecule has 1 aliphatic carbocycles. The topological polar surface area (TPSA) is 59.4 Å². The van der Waals surface area contributed by atoms with Crippen molar-refractivity contribution in [2.45, 2.75) is 45.3 Å². The van der Waals surface area contributed by atoms with E-state index in [9.17, 15) is 4.79 Å². The number of aromatic carboxylic acids is 1. The molecule has 0 radical (unpaired) electrons. The first-order valence-electron chi connectivity index (χ1n) is 6.45. The fourth-order valence-electron chi connectivity index (χ4n) is 2.24. The Hall–Kier alpha value is -1.42. The monoisotopic (exact) mass is 249 g/mol. The normalized spacial score (nSPS) is 23.8. The number of hydrogen-bond donors (Lipinski definition) is 1. The predicted molar refractivity (Wildman–Crippen MR) is 67.4 cm³/mol. The first-order chi connectivity index (χ1) is 8.65. The van der Waals surface area contributed by atoms with Gasteiger partial charge in [0.1, 0.15) is 0 Å². The average Bonchev–Trinajstić information content (AvgIpc) is 2.38. The zero-order chi connectivity index (χ0) is 13.0. The van der Waals surface area contributed by atoms with E-state index in [0.29, 0.717) is 12.7 Å². The molecular formula is C14H19NO3. The Balaban J connectivity index is 1.81. The Bertz CT molecular complexity index is 394. The summed E-state index contributed by atoms with van der Waals surface area (Å²) in [4.78, 5) is 14.8. The van der Waals surface area contributed by atoms with Crippen LogP contribution in [0.4, 0.5) is 0 Å². The van der Waals surface area contributed by atoms with Gasteiger partial charge in [-0.05, 0) is 43.7 Å². The summed E-state index contributed by atoms with van der Waals surface area (Å²) in [7, 11) is 0. The number of carbonyl (C=O) groups is 1. The number of nitrogens with zero attached hydrogens (tertiary/aromatic N) is 1. The number of rotatable bonds is 4. The van der Waals surface area contributed by atoms with Crippen LogP contribution in [0.15, 0.2) is 18.3 Å². The highest BCUT2D eigenvalue weighted by Crippen LogP contribution is 2.25. The molecule has 18 heavy (non-hydrogen) atoms. The van der Waals surface area contributed by atoms with Gasteiger partial charge < -0.3 is 9.84 Å². The van der Waals surface area contributed by atoms with Crippen LogP contribution in [0.3, 0.4) is 0 Å². The summed E-state index contributed by atoms with van der Waals surface area (Å²) in [6, 6.07) is 3.28. The highest BCUT2D eigenvalue weighted by Gasteiger charge is 2.18. The summed E-state index contributed by atoms with van der Waals surface area (Å²) in [5.74, 6) is -0.130. The third-order valence-corrected chi connectivity index (χ3v) is 3.50. The van der Waals surface area contributed by atoms with Gasteiger partial charge in [-0.2, -0.15) is 0 Å². The molecule has 1 aliphatic rings. The lowest BCUT2D eigenvalue weighted by atomic mass is 9.89. The lowest BCUT2D eigenvalue weighted by molar-refractivity contribution is 0.00726. The molecule has 4 nitrogen and oxygen atoms in total. The lowest BCUT2D eigenvalue weighted by Crippen LogP contribution is -2.20. The van der Waals surface area contributed by atoms with E-state index >= 15 is 0 Å². The van der Waals surface area contributed by atoms with Crippen molar-refractivity contribution in [2.75, 3.05) is 0 Å². The quantitative estimate of drug-likeness (QED) is 0.891. The molecule has 1 N–H and O–H groups in total. The van der Waals surface area contributed by atoms with Crippen LogP contribution in [0.5, 0.6) is 0 Å². The van der Waals surface area contributed by atoms with E-state index in [1.54, 1.807) is 12.1 Å². The predicted octanol–water partition coefficient (Wildman–Crippen LogP) is 2.88. The van der Waals surface area contributed by atoms with Gasteiger partial charge in [-0.15, -0.1) is 0 Å². The summed E-state index contributed by atoms with van der Waals surface area (Å²) in [5, 5.41) is 8.76. The van der Waals surface area contributed by atoms with Gasteiger partial charge in [-0.3, -0.25) is 4.98 Å². The Labute approximate surface area is 107 Å². The molecule has 1 heterocycles.